The standard InChI is InChI=1S/C26H31FN2O4/c1-30-23-7-8-24-20(18-28-12-9-26(10-13-28)32-15-16-33-26)19-29(25(24)17-23)11-2-14-31-22-5-3-21(27)4-6-22/h3-8,17,19H,2,9-16,18H2,1H3. The molecule has 0 amide bonds. The van der Waals surface area contributed by atoms with Crippen LogP contribution in [0.1, 0.15) is 24.8 Å². The third-order valence-corrected chi connectivity index (χ3v) is 6.62. The van der Waals surface area contributed by atoms with Crippen molar-refractivity contribution in [2.24, 2.45) is 0 Å². The molecule has 0 radical (unpaired) electrons. The van der Waals surface area contributed by atoms with E-state index in [-0.39, 0.29) is 11.6 Å². The molecular weight excluding hydrogens is 423 g/mol. The number of hydrogen-bond acceptors (Lipinski definition) is 5. The lowest BCUT2D eigenvalue weighted by Gasteiger charge is -2.37. The maximum absolute atomic E-state index is 13.1. The van der Waals surface area contributed by atoms with Crippen LogP contribution < -0.4 is 9.47 Å². The summed E-state index contributed by atoms with van der Waals surface area (Å²) in [5.74, 6) is 0.943. The molecule has 33 heavy (non-hydrogen) atoms. The highest BCUT2D eigenvalue weighted by molar-refractivity contribution is 5.85. The van der Waals surface area contributed by atoms with Crippen LogP contribution in [0.2, 0.25) is 0 Å². The summed E-state index contributed by atoms with van der Waals surface area (Å²) in [5.41, 5.74) is 2.48. The molecule has 2 fully saturated rings. The van der Waals surface area contributed by atoms with Gasteiger partial charge in [0.05, 0.1) is 32.4 Å². The van der Waals surface area contributed by atoms with Gasteiger partial charge in [0.2, 0.25) is 0 Å². The Balaban J connectivity index is 1.25. The fraction of sp³-hybridized carbons (Fsp3) is 0.462. The topological polar surface area (TPSA) is 45.1 Å². The molecule has 5 rings (SSSR count). The molecule has 3 aromatic rings. The lowest BCUT2D eigenvalue weighted by Crippen LogP contribution is -2.44. The number of hydrogen-bond donors (Lipinski definition) is 0. The van der Waals surface area contributed by atoms with Gasteiger partial charge in [-0.15, -0.1) is 0 Å². The number of aryl methyl sites for hydroxylation is 1. The molecule has 7 heteroatoms. The number of benzene rings is 2. The van der Waals surface area contributed by atoms with Gasteiger partial charge in [-0.2, -0.15) is 0 Å². The number of methoxy groups -OCH3 is 1. The average Bonchev–Trinajstić information content (AvgIpc) is 3.44. The third kappa shape index (κ3) is 5.00. The van der Waals surface area contributed by atoms with Gasteiger partial charge in [-0.3, -0.25) is 4.90 Å². The van der Waals surface area contributed by atoms with E-state index in [1.165, 1.54) is 28.6 Å². The molecule has 2 aliphatic rings. The van der Waals surface area contributed by atoms with Gasteiger partial charge in [0.25, 0.3) is 0 Å². The fourth-order valence-corrected chi connectivity index (χ4v) is 4.82. The molecular formula is C26H31FN2O4. The van der Waals surface area contributed by atoms with E-state index in [1.807, 2.05) is 6.07 Å². The number of fused-ring (bicyclic) bond motifs is 1. The smallest absolute Gasteiger partial charge is 0.170 e. The monoisotopic (exact) mass is 454 g/mol. The normalized spacial score (nSPS) is 18.2. The maximum atomic E-state index is 13.1. The van der Waals surface area contributed by atoms with Gasteiger partial charge >= 0.3 is 0 Å². The van der Waals surface area contributed by atoms with Crippen LogP contribution in [0.25, 0.3) is 10.9 Å². The van der Waals surface area contributed by atoms with Gasteiger partial charge < -0.3 is 23.5 Å². The van der Waals surface area contributed by atoms with Crippen LogP contribution in [0.5, 0.6) is 11.5 Å². The maximum Gasteiger partial charge on any atom is 0.170 e. The van der Waals surface area contributed by atoms with Crippen molar-refractivity contribution in [1.29, 1.82) is 0 Å². The first-order valence-electron chi connectivity index (χ1n) is 11.7. The van der Waals surface area contributed by atoms with Gasteiger partial charge in [0.1, 0.15) is 17.3 Å². The predicted molar refractivity (Wildman–Crippen MR) is 124 cm³/mol. The Morgan fingerprint density at radius 2 is 1.73 bits per heavy atom. The number of piperidine rings is 1. The molecule has 3 heterocycles. The number of halogens is 1. The highest BCUT2D eigenvalue weighted by Crippen LogP contribution is 2.33. The van der Waals surface area contributed by atoms with Crippen molar-refractivity contribution in [1.82, 2.24) is 9.47 Å². The molecule has 1 spiro atoms. The summed E-state index contributed by atoms with van der Waals surface area (Å²) < 4.78 is 38.4. The summed E-state index contributed by atoms with van der Waals surface area (Å²) in [6, 6.07) is 12.4. The lowest BCUT2D eigenvalue weighted by molar-refractivity contribution is -0.185. The van der Waals surface area contributed by atoms with Crippen LogP contribution in [-0.4, -0.2) is 55.3 Å². The third-order valence-electron chi connectivity index (χ3n) is 6.62. The SMILES string of the molecule is COc1ccc2c(CN3CCC4(CC3)OCCO4)cn(CCCOc3ccc(F)cc3)c2c1. The van der Waals surface area contributed by atoms with Gasteiger partial charge in [-0.1, -0.05) is 0 Å². The summed E-state index contributed by atoms with van der Waals surface area (Å²) >= 11 is 0. The Kier molecular flexibility index (Phi) is 6.53. The van der Waals surface area contributed by atoms with Crippen LogP contribution >= 0.6 is 0 Å². The van der Waals surface area contributed by atoms with Gasteiger partial charge in [0.15, 0.2) is 5.79 Å². The number of aromatic nitrogens is 1. The number of nitrogens with zero attached hydrogens (tertiary/aromatic N) is 2. The zero-order valence-electron chi connectivity index (χ0n) is 19.1. The van der Waals surface area contributed by atoms with E-state index >= 15 is 0 Å². The first kappa shape index (κ1) is 22.2. The number of rotatable bonds is 8. The minimum atomic E-state index is -0.345. The summed E-state index contributed by atoms with van der Waals surface area (Å²) in [6.07, 6.45) is 4.94. The first-order valence-corrected chi connectivity index (χ1v) is 11.7. The molecule has 0 saturated carbocycles. The van der Waals surface area contributed by atoms with Crippen molar-refractivity contribution >= 4 is 10.9 Å². The zero-order valence-corrected chi connectivity index (χ0v) is 19.1. The summed E-state index contributed by atoms with van der Waals surface area (Å²) in [7, 11) is 1.70. The Morgan fingerprint density at radius 1 is 1.00 bits per heavy atom. The predicted octanol–water partition coefficient (Wildman–Crippen LogP) is 4.60. The Bertz CT molecular complexity index is 1070. The summed E-state index contributed by atoms with van der Waals surface area (Å²) in [4.78, 5) is 2.48. The molecule has 0 N–H and O–H groups in total. The largest absolute Gasteiger partial charge is 0.497 e. The number of ether oxygens (including phenoxy) is 4. The van der Waals surface area contributed by atoms with Crippen LogP contribution in [0.15, 0.2) is 48.7 Å². The second-order valence-corrected chi connectivity index (χ2v) is 8.77. The van der Waals surface area contributed by atoms with E-state index in [0.29, 0.717) is 25.6 Å². The summed E-state index contributed by atoms with van der Waals surface area (Å²) in [6.45, 7) is 5.65. The van der Waals surface area contributed by atoms with E-state index in [4.69, 9.17) is 18.9 Å². The van der Waals surface area contributed by atoms with Crippen LogP contribution in [0.4, 0.5) is 4.39 Å². The van der Waals surface area contributed by atoms with Crippen molar-refractivity contribution in [3.63, 3.8) is 0 Å². The summed E-state index contributed by atoms with van der Waals surface area (Å²) in [5, 5.41) is 1.25. The second kappa shape index (κ2) is 9.71. The lowest BCUT2D eigenvalue weighted by atomic mass is 10.0. The molecule has 6 nitrogen and oxygen atoms in total. The molecule has 2 aliphatic heterocycles. The average molecular weight is 455 g/mol. The van der Waals surface area contributed by atoms with Crippen molar-refractivity contribution < 1.29 is 23.3 Å². The molecule has 0 bridgehead atoms. The molecule has 0 unspecified atom stereocenters. The van der Waals surface area contributed by atoms with Gasteiger partial charge in [-0.05, 0) is 48.4 Å². The Labute approximate surface area is 193 Å². The van der Waals surface area contributed by atoms with Gasteiger partial charge in [0, 0.05) is 56.7 Å². The Hall–Kier alpha value is -2.61. The van der Waals surface area contributed by atoms with Gasteiger partial charge in [-0.25, -0.2) is 4.39 Å². The van der Waals surface area contributed by atoms with E-state index in [1.54, 1.807) is 19.2 Å². The molecule has 2 saturated heterocycles. The van der Waals surface area contributed by atoms with Crippen LogP contribution in [-0.2, 0) is 22.6 Å². The van der Waals surface area contributed by atoms with Crippen molar-refractivity contribution in [2.75, 3.05) is 40.0 Å². The number of likely N-dealkylation sites (tertiary alicyclic amines) is 1. The van der Waals surface area contributed by atoms with E-state index in [9.17, 15) is 4.39 Å². The second-order valence-electron chi connectivity index (χ2n) is 8.77. The van der Waals surface area contributed by atoms with E-state index in [0.717, 1.165) is 51.2 Å². The molecule has 176 valence electrons. The minimum absolute atomic E-state index is 0.255. The molecule has 0 atom stereocenters. The zero-order chi connectivity index (χ0) is 22.7. The van der Waals surface area contributed by atoms with Crippen molar-refractivity contribution in [3.05, 3.63) is 60.0 Å². The van der Waals surface area contributed by atoms with E-state index < -0.39 is 0 Å². The highest BCUT2D eigenvalue weighted by atomic mass is 19.1. The van der Waals surface area contributed by atoms with Crippen molar-refractivity contribution in [3.8, 4) is 11.5 Å². The molecule has 1 aromatic heterocycles. The van der Waals surface area contributed by atoms with E-state index in [2.05, 4.69) is 27.8 Å². The highest BCUT2D eigenvalue weighted by Gasteiger charge is 2.39. The Morgan fingerprint density at radius 3 is 2.45 bits per heavy atom. The fourth-order valence-electron chi connectivity index (χ4n) is 4.82. The van der Waals surface area contributed by atoms with Crippen LogP contribution in [0, 0.1) is 5.82 Å². The minimum Gasteiger partial charge on any atom is -0.497 e. The molecule has 0 aliphatic carbocycles. The first-order chi connectivity index (χ1) is 16.1. The van der Waals surface area contributed by atoms with Crippen molar-refractivity contribution in [2.45, 2.75) is 38.1 Å². The van der Waals surface area contributed by atoms with Crippen LogP contribution in [0.3, 0.4) is 0 Å². The molecule has 2 aromatic carbocycles. The quantitative estimate of drug-likeness (QED) is 0.466.